The van der Waals surface area contributed by atoms with E-state index in [1.165, 1.54) is 5.56 Å². The molecule has 2 aromatic heterocycles. The van der Waals surface area contributed by atoms with Crippen LogP contribution in [-0.2, 0) is 13.0 Å². The maximum absolute atomic E-state index is 5.66. The Labute approximate surface area is 142 Å². The number of hydrogen-bond donors (Lipinski definition) is 2. The molecule has 0 fully saturated rings. The summed E-state index contributed by atoms with van der Waals surface area (Å²) in [5.74, 6) is 2.65. The van der Waals surface area contributed by atoms with Crippen LogP contribution in [0.2, 0.25) is 0 Å². The lowest BCUT2D eigenvalue weighted by Gasteiger charge is -2.06. The molecule has 0 spiro atoms. The second-order valence-electron chi connectivity index (χ2n) is 5.81. The summed E-state index contributed by atoms with van der Waals surface area (Å²) in [7, 11) is 1.70. The third kappa shape index (κ3) is 4.06. The molecule has 3 aromatic rings. The molecule has 24 heavy (non-hydrogen) atoms. The summed E-state index contributed by atoms with van der Waals surface area (Å²) in [4.78, 5) is 0. The SMILES string of the molecule is COc1cccc(CCCNCc2cn[nH]c2-c2ccc(C)o2)c1. The third-order valence-corrected chi connectivity index (χ3v) is 3.97. The van der Waals surface area contributed by atoms with Crippen LogP contribution in [0.5, 0.6) is 5.75 Å². The molecular weight excluding hydrogens is 302 g/mol. The Morgan fingerprint density at radius 1 is 1.25 bits per heavy atom. The summed E-state index contributed by atoms with van der Waals surface area (Å²) in [6.45, 7) is 3.65. The lowest BCUT2D eigenvalue weighted by molar-refractivity contribution is 0.414. The normalized spacial score (nSPS) is 10.9. The number of nitrogens with one attached hydrogen (secondary N) is 2. The monoisotopic (exact) mass is 325 g/mol. The van der Waals surface area contributed by atoms with E-state index in [0.717, 1.165) is 54.5 Å². The van der Waals surface area contributed by atoms with E-state index in [0.29, 0.717) is 0 Å². The second-order valence-corrected chi connectivity index (χ2v) is 5.81. The van der Waals surface area contributed by atoms with Gasteiger partial charge in [-0.1, -0.05) is 12.1 Å². The average molecular weight is 325 g/mol. The lowest BCUT2D eigenvalue weighted by atomic mass is 10.1. The van der Waals surface area contributed by atoms with Crippen molar-refractivity contribution in [3.05, 3.63) is 59.5 Å². The molecule has 0 bridgehead atoms. The standard InChI is InChI=1S/C19H23N3O2/c1-14-8-9-18(24-14)19-16(13-21-22-19)12-20-10-4-6-15-5-3-7-17(11-15)23-2/h3,5,7-9,11,13,20H,4,6,10,12H2,1-2H3,(H,21,22). The van der Waals surface area contributed by atoms with E-state index in [-0.39, 0.29) is 0 Å². The lowest BCUT2D eigenvalue weighted by Crippen LogP contribution is -2.15. The fraction of sp³-hybridized carbons (Fsp3) is 0.316. The first-order valence-electron chi connectivity index (χ1n) is 8.19. The van der Waals surface area contributed by atoms with E-state index >= 15 is 0 Å². The quantitative estimate of drug-likeness (QED) is 0.620. The van der Waals surface area contributed by atoms with Gasteiger partial charge < -0.3 is 14.5 Å². The summed E-state index contributed by atoms with van der Waals surface area (Å²) < 4.78 is 10.9. The topological polar surface area (TPSA) is 63.1 Å². The summed E-state index contributed by atoms with van der Waals surface area (Å²) in [5, 5.41) is 10.6. The zero-order chi connectivity index (χ0) is 16.8. The van der Waals surface area contributed by atoms with Gasteiger partial charge in [0.15, 0.2) is 5.76 Å². The van der Waals surface area contributed by atoms with Crippen molar-refractivity contribution >= 4 is 0 Å². The highest BCUT2D eigenvalue weighted by Crippen LogP contribution is 2.23. The number of H-pyrrole nitrogens is 1. The van der Waals surface area contributed by atoms with Crippen LogP contribution in [0.1, 0.15) is 23.3 Å². The molecule has 0 aliphatic carbocycles. The van der Waals surface area contributed by atoms with Gasteiger partial charge in [0.1, 0.15) is 17.2 Å². The molecule has 0 aliphatic rings. The molecule has 0 amide bonds. The van der Waals surface area contributed by atoms with Crippen molar-refractivity contribution < 1.29 is 9.15 Å². The molecule has 2 heterocycles. The molecule has 0 saturated heterocycles. The zero-order valence-corrected chi connectivity index (χ0v) is 14.1. The average Bonchev–Trinajstić information content (AvgIpc) is 3.23. The predicted octanol–water partition coefficient (Wildman–Crippen LogP) is 3.71. The zero-order valence-electron chi connectivity index (χ0n) is 14.1. The molecule has 5 heteroatoms. The number of methoxy groups -OCH3 is 1. The molecule has 0 radical (unpaired) electrons. The summed E-state index contributed by atoms with van der Waals surface area (Å²) >= 11 is 0. The van der Waals surface area contributed by atoms with Gasteiger partial charge >= 0.3 is 0 Å². The maximum atomic E-state index is 5.66. The number of benzene rings is 1. The molecule has 0 atom stereocenters. The van der Waals surface area contributed by atoms with Crippen LogP contribution in [0.4, 0.5) is 0 Å². The van der Waals surface area contributed by atoms with Gasteiger partial charge in [0.05, 0.1) is 13.3 Å². The Kier molecular flexibility index (Phi) is 5.33. The van der Waals surface area contributed by atoms with Gasteiger partial charge in [-0.2, -0.15) is 5.10 Å². The first-order valence-corrected chi connectivity index (χ1v) is 8.19. The van der Waals surface area contributed by atoms with Crippen molar-refractivity contribution in [2.45, 2.75) is 26.3 Å². The highest BCUT2D eigenvalue weighted by molar-refractivity contribution is 5.56. The van der Waals surface area contributed by atoms with Crippen LogP contribution in [0.3, 0.4) is 0 Å². The number of aryl methyl sites for hydroxylation is 2. The molecular formula is C19H23N3O2. The number of hydrogen-bond acceptors (Lipinski definition) is 4. The van der Waals surface area contributed by atoms with E-state index in [9.17, 15) is 0 Å². The van der Waals surface area contributed by atoms with Crippen LogP contribution in [0.15, 0.2) is 47.0 Å². The van der Waals surface area contributed by atoms with Gasteiger partial charge in [0.25, 0.3) is 0 Å². The fourth-order valence-corrected chi connectivity index (χ4v) is 2.70. The Bertz CT molecular complexity index is 776. The second kappa shape index (κ2) is 7.84. The van der Waals surface area contributed by atoms with E-state index in [2.05, 4.69) is 27.6 Å². The largest absolute Gasteiger partial charge is 0.497 e. The molecule has 0 aliphatic heterocycles. The minimum atomic E-state index is 0.768. The Hall–Kier alpha value is -2.53. The number of furan rings is 1. The fourth-order valence-electron chi connectivity index (χ4n) is 2.70. The molecule has 126 valence electrons. The van der Waals surface area contributed by atoms with E-state index in [1.54, 1.807) is 7.11 Å². The Balaban J connectivity index is 1.46. The van der Waals surface area contributed by atoms with Crippen molar-refractivity contribution in [1.82, 2.24) is 15.5 Å². The van der Waals surface area contributed by atoms with Crippen molar-refractivity contribution in [2.24, 2.45) is 0 Å². The first-order chi connectivity index (χ1) is 11.8. The van der Waals surface area contributed by atoms with Gasteiger partial charge in [-0.05, 0) is 56.1 Å². The van der Waals surface area contributed by atoms with Gasteiger partial charge in [-0.3, -0.25) is 5.10 Å². The molecule has 2 N–H and O–H groups in total. The highest BCUT2D eigenvalue weighted by atomic mass is 16.5. The number of nitrogens with zero attached hydrogens (tertiary/aromatic N) is 1. The Morgan fingerprint density at radius 2 is 2.17 bits per heavy atom. The van der Waals surface area contributed by atoms with Gasteiger partial charge in [0.2, 0.25) is 0 Å². The number of rotatable bonds is 8. The number of aromatic amines is 1. The molecule has 0 unspecified atom stereocenters. The highest BCUT2D eigenvalue weighted by Gasteiger charge is 2.10. The molecule has 3 rings (SSSR count). The van der Waals surface area contributed by atoms with Crippen LogP contribution in [0, 0.1) is 6.92 Å². The van der Waals surface area contributed by atoms with Crippen LogP contribution >= 0.6 is 0 Å². The smallest absolute Gasteiger partial charge is 0.152 e. The molecule has 1 aromatic carbocycles. The van der Waals surface area contributed by atoms with Gasteiger partial charge in [0, 0.05) is 12.1 Å². The van der Waals surface area contributed by atoms with Gasteiger partial charge in [-0.15, -0.1) is 0 Å². The summed E-state index contributed by atoms with van der Waals surface area (Å²) in [5.41, 5.74) is 3.36. The van der Waals surface area contributed by atoms with E-state index in [4.69, 9.17) is 9.15 Å². The van der Waals surface area contributed by atoms with Crippen molar-refractivity contribution in [2.75, 3.05) is 13.7 Å². The third-order valence-electron chi connectivity index (χ3n) is 3.97. The number of aromatic nitrogens is 2. The van der Waals surface area contributed by atoms with Crippen LogP contribution in [-0.4, -0.2) is 23.9 Å². The number of ether oxygens (including phenoxy) is 1. The summed E-state index contributed by atoms with van der Waals surface area (Å²) in [6, 6.07) is 12.2. The minimum Gasteiger partial charge on any atom is -0.497 e. The minimum absolute atomic E-state index is 0.768. The molecule has 5 nitrogen and oxygen atoms in total. The van der Waals surface area contributed by atoms with Crippen molar-refractivity contribution in [3.8, 4) is 17.2 Å². The van der Waals surface area contributed by atoms with Crippen molar-refractivity contribution in [1.29, 1.82) is 0 Å². The van der Waals surface area contributed by atoms with Crippen LogP contribution < -0.4 is 10.1 Å². The Morgan fingerprint density at radius 3 is 2.96 bits per heavy atom. The van der Waals surface area contributed by atoms with Crippen LogP contribution in [0.25, 0.3) is 11.5 Å². The first kappa shape index (κ1) is 16.3. The molecule has 0 saturated carbocycles. The van der Waals surface area contributed by atoms with E-state index in [1.807, 2.05) is 37.4 Å². The predicted molar refractivity (Wildman–Crippen MR) is 94.0 cm³/mol. The maximum Gasteiger partial charge on any atom is 0.152 e. The van der Waals surface area contributed by atoms with Gasteiger partial charge in [-0.25, -0.2) is 0 Å². The summed E-state index contributed by atoms with van der Waals surface area (Å²) in [6.07, 6.45) is 3.95. The van der Waals surface area contributed by atoms with E-state index < -0.39 is 0 Å². The van der Waals surface area contributed by atoms with Crippen molar-refractivity contribution in [3.63, 3.8) is 0 Å².